The smallest absolute Gasteiger partial charge is 0.252 e. The number of rotatable bonds is 8. The van der Waals surface area contributed by atoms with E-state index in [1.165, 1.54) is 0 Å². The van der Waals surface area contributed by atoms with Gasteiger partial charge in [-0.25, -0.2) is 18.1 Å². The zero-order valence-corrected chi connectivity index (χ0v) is 19.5. The normalized spacial score (nSPS) is 11.8. The number of carbonyl (C=O) groups excluding carboxylic acids is 1. The largest absolute Gasteiger partial charge is 0.352 e. The molecule has 0 fully saturated rings. The van der Waals surface area contributed by atoms with Gasteiger partial charge in [-0.15, -0.1) is 11.3 Å². The van der Waals surface area contributed by atoms with Gasteiger partial charge in [0.05, 0.1) is 38.4 Å². The van der Waals surface area contributed by atoms with Crippen LogP contribution in [0.25, 0.3) is 21.6 Å². The van der Waals surface area contributed by atoms with E-state index in [0.29, 0.717) is 33.6 Å². The van der Waals surface area contributed by atoms with Gasteiger partial charge in [0.25, 0.3) is 5.91 Å². The summed E-state index contributed by atoms with van der Waals surface area (Å²) in [5.74, 6) is -0.301. The Bertz CT molecular complexity index is 1330. The van der Waals surface area contributed by atoms with Crippen LogP contribution >= 0.6 is 11.3 Å². The number of hydrogen-bond acceptors (Lipinski definition) is 6. The van der Waals surface area contributed by atoms with Gasteiger partial charge in [0.15, 0.2) is 15.5 Å². The molecule has 4 rings (SSSR count). The summed E-state index contributed by atoms with van der Waals surface area (Å²) in [6.45, 7) is 4.28. The molecule has 7 nitrogen and oxygen atoms in total. The van der Waals surface area contributed by atoms with Gasteiger partial charge in [-0.2, -0.15) is 5.10 Å². The molecular formula is C23H24N4O3S2. The van der Waals surface area contributed by atoms with Crippen LogP contribution in [0.3, 0.4) is 0 Å². The van der Waals surface area contributed by atoms with Gasteiger partial charge in [0.2, 0.25) is 0 Å². The lowest BCUT2D eigenvalue weighted by molar-refractivity contribution is 0.0955. The number of hydrogen-bond donors (Lipinski definition) is 1. The fourth-order valence-corrected chi connectivity index (χ4v) is 5.46. The van der Waals surface area contributed by atoms with E-state index >= 15 is 0 Å². The zero-order valence-electron chi connectivity index (χ0n) is 17.9. The summed E-state index contributed by atoms with van der Waals surface area (Å²) >= 11 is 1.55. The Hall–Kier alpha value is -3.04. The third-order valence-electron chi connectivity index (χ3n) is 5.05. The molecule has 0 radical (unpaired) electrons. The summed E-state index contributed by atoms with van der Waals surface area (Å²) in [7, 11) is -3.37. The predicted octanol–water partition coefficient (Wildman–Crippen LogP) is 4.33. The van der Waals surface area contributed by atoms with Crippen molar-refractivity contribution in [1.29, 1.82) is 0 Å². The zero-order chi connectivity index (χ0) is 22.7. The fraction of sp³-hybridized carbons (Fsp3) is 0.261. The number of sulfone groups is 1. The second kappa shape index (κ2) is 9.22. The maximum Gasteiger partial charge on any atom is 0.252 e. The molecule has 166 valence electrons. The number of carbonyl (C=O) groups is 1. The van der Waals surface area contributed by atoms with E-state index in [-0.39, 0.29) is 24.2 Å². The van der Waals surface area contributed by atoms with Crippen LogP contribution in [-0.4, -0.2) is 41.4 Å². The molecule has 0 spiro atoms. The highest BCUT2D eigenvalue weighted by atomic mass is 32.2. The van der Waals surface area contributed by atoms with Crippen molar-refractivity contribution in [1.82, 2.24) is 20.1 Å². The molecule has 0 aliphatic heterocycles. The lowest BCUT2D eigenvalue weighted by Gasteiger charge is -2.10. The third-order valence-corrected chi connectivity index (χ3v) is 7.76. The average molecular weight is 469 g/mol. The van der Waals surface area contributed by atoms with Crippen molar-refractivity contribution >= 4 is 38.1 Å². The number of pyridine rings is 1. The number of nitrogens with zero attached hydrogens (tertiary/aromatic N) is 3. The minimum absolute atomic E-state index is 0.0330. The van der Waals surface area contributed by atoms with Gasteiger partial charge in [-0.05, 0) is 49.9 Å². The molecular weight excluding hydrogens is 444 g/mol. The summed E-state index contributed by atoms with van der Waals surface area (Å²) in [5.41, 5.74) is 1.85. The second-order valence-electron chi connectivity index (χ2n) is 7.69. The van der Waals surface area contributed by atoms with Crippen LogP contribution in [0.2, 0.25) is 0 Å². The van der Waals surface area contributed by atoms with Crippen molar-refractivity contribution in [2.75, 3.05) is 12.3 Å². The molecule has 0 unspecified atom stereocenters. The van der Waals surface area contributed by atoms with E-state index in [1.807, 2.05) is 31.4 Å². The molecule has 9 heteroatoms. The first-order valence-corrected chi connectivity index (χ1v) is 12.9. The number of benzene rings is 1. The molecule has 0 bridgehead atoms. The van der Waals surface area contributed by atoms with E-state index in [1.54, 1.807) is 58.6 Å². The molecule has 1 N–H and O–H groups in total. The predicted molar refractivity (Wildman–Crippen MR) is 127 cm³/mol. The Morgan fingerprint density at radius 1 is 1.16 bits per heavy atom. The molecule has 4 aromatic rings. The van der Waals surface area contributed by atoms with Gasteiger partial charge in [0, 0.05) is 12.6 Å². The van der Waals surface area contributed by atoms with Crippen LogP contribution in [0, 0.1) is 0 Å². The third kappa shape index (κ3) is 4.58. The first-order valence-electron chi connectivity index (χ1n) is 10.3. The van der Waals surface area contributed by atoms with E-state index < -0.39 is 9.84 Å². The molecule has 1 amide bonds. The van der Waals surface area contributed by atoms with E-state index in [9.17, 15) is 13.2 Å². The van der Waals surface area contributed by atoms with Gasteiger partial charge < -0.3 is 5.32 Å². The van der Waals surface area contributed by atoms with Crippen molar-refractivity contribution in [3.63, 3.8) is 0 Å². The number of amides is 1. The molecule has 0 aliphatic carbocycles. The molecule has 3 aromatic heterocycles. The highest BCUT2D eigenvalue weighted by Gasteiger charge is 2.19. The Morgan fingerprint density at radius 3 is 2.62 bits per heavy atom. The van der Waals surface area contributed by atoms with Crippen LogP contribution < -0.4 is 5.32 Å². The first kappa shape index (κ1) is 22.2. The van der Waals surface area contributed by atoms with Crippen molar-refractivity contribution < 1.29 is 13.2 Å². The van der Waals surface area contributed by atoms with Crippen LogP contribution in [-0.2, 0) is 9.84 Å². The standard InChI is InChI=1S/C23H24N4O3S2/c1-16(2)27-22-19(15-25-27)18(14-20(26-22)21-10-6-12-31-21)23(28)24-11-7-13-32(29,30)17-8-4-3-5-9-17/h3-6,8-10,12,14-16H,7,11,13H2,1-2H3,(H,24,28). The van der Waals surface area contributed by atoms with Gasteiger partial charge in [-0.3, -0.25) is 4.79 Å². The Kier molecular flexibility index (Phi) is 6.38. The summed E-state index contributed by atoms with van der Waals surface area (Å²) in [6, 6.07) is 14.1. The van der Waals surface area contributed by atoms with E-state index in [4.69, 9.17) is 4.98 Å². The van der Waals surface area contributed by atoms with Crippen LogP contribution in [0.5, 0.6) is 0 Å². The summed E-state index contributed by atoms with van der Waals surface area (Å²) < 4.78 is 26.7. The van der Waals surface area contributed by atoms with E-state index in [0.717, 1.165) is 4.88 Å². The summed E-state index contributed by atoms with van der Waals surface area (Å²) in [4.78, 5) is 19.0. The quantitative estimate of drug-likeness (QED) is 0.388. The minimum Gasteiger partial charge on any atom is -0.352 e. The van der Waals surface area contributed by atoms with Gasteiger partial charge >= 0.3 is 0 Å². The number of thiophene rings is 1. The SMILES string of the molecule is CC(C)n1ncc2c(C(=O)NCCCS(=O)(=O)c3ccccc3)cc(-c3cccs3)nc21. The van der Waals surface area contributed by atoms with E-state index in [2.05, 4.69) is 10.4 Å². The van der Waals surface area contributed by atoms with Crippen LogP contribution in [0.1, 0.15) is 36.7 Å². The maximum atomic E-state index is 13.0. The molecule has 0 saturated heterocycles. The molecule has 1 aromatic carbocycles. The summed E-state index contributed by atoms with van der Waals surface area (Å²) in [5, 5.41) is 9.92. The first-order chi connectivity index (χ1) is 15.4. The highest BCUT2D eigenvalue weighted by Crippen LogP contribution is 2.28. The lowest BCUT2D eigenvalue weighted by atomic mass is 10.1. The van der Waals surface area contributed by atoms with Crippen molar-refractivity contribution in [3.8, 4) is 10.6 Å². The van der Waals surface area contributed by atoms with Crippen LogP contribution in [0.4, 0.5) is 0 Å². The maximum absolute atomic E-state index is 13.0. The number of aromatic nitrogens is 3. The van der Waals surface area contributed by atoms with Crippen molar-refractivity contribution in [3.05, 3.63) is 65.7 Å². The lowest BCUT2D eigenvalue weighted by Crippen LogP contribution is -2.26. The molecule has 0 atom stereocenters. The van der Waals surface area contributed by atoms with Crippen molar-refractivity contribution in [2.24, 2.45) is 0 Å². The topological polar surface area (TPSA) is 94.0 Å². The Labute approximate surface area is 191 Å². The van der Waals surface area contributed by atoms with Gasteiger partial charge in [-0.1, -0.05) is 24.3 Å². The molecule has 0 saturated carbocycles. The minimum atomic E-state index is -3.37. The second-order valence-corrected chi connectivity index (χ2v) is 10.8. The molecule has 32 heavy (non-hydrogen) atoms. The monoisotopic (exact) mass is 468 g/mol. The Morgan fingerprint density at radius 2 is 1.94 bits per heavy atom. The average Bonchev–Trinajstić information content (AvgIpc) is 3.46. The fourth-order valence-electron chi connectivity index (χ4n) is 3.44. The molecule has 0 aliphatic rings. The van der Waals surface area contributed by atoms with Gasteiger partial charge in [0.1, 0.15) is 0 Å². The Balaban J connectivity index is 1.53. The highest BCUT2D eigenvalue weighted by molar-refractivity contribution is 7.91. The summed E-state index contributed by atoms with van der Waals surface area (Å²) in [6.07, 6.45) is 1.98. The van der Waals surface area contributed by atoms with Crippen molar-refractivity contribution in [2.45, 2.75) is 31.2 Å². The molecule has 3 heterocycles. The number of nitrogens with one attached hydrogen (secondary N) is 1. The number of fused-ring (bicyclic) bond motifs is 1. The van der Waals surface area contributed by atoms with Crippen LogP contribution in [0.15, 0.2) is 65.0 Å².